The number of likely N-dealkylation sites (N-methyl/N-ethyl adjacent to an activating group) is 1. The van der Waals surface area contributed by atoms with Gasteiger partial charge in [0.25, 0.3) is 0 Å². The summed E-state index contributed by atoms with van der Waals surface area (Å²) in [5, 5.41) is 10.5. The van der Waals surface area contributed by atoms with Gasteiger partial charge in [-0.2, -0.15) is 5.10 Å². The number of rotatable bonds is 5. The van der Waals surface area contributed by atoms with Crippen LogP contribution in [-0.4, -0.2) is 27.8 Å². The summed E-state index contributed by atoms with van der Waals surface area (Å²) in [6.45, 7) is 9.45. The number of hydrogen-bond donors (Lipinski definition) is 2. The van der Waals surface area contributed by atoms with Crippen LogP contribution in [-0.2, 0) is 6.42 Å². The molecule has 0 aliphatic rings. The maximum Gasteiger partial charge on any atom is 0.153 e. The summed E-state index contributed by atoms with van der Waals surface area (Å²) >= 11 is 0. The summed E-state index contributed by atoms with van der Waals surface area (Å²) in [6.07, 6.45) is 0.910. The van der Waals surface area contributed by atoms with Crippen molar-refractivity contribution in [1.82, 2.24) is 20.5 Å². The van der Waals surface area contributed by atoms with E-state index in [9.17, 15) is 0 Å². The highest BCUT2D eigenvalue weighted by atomic mass is 15.2. The van der Waals surface area contributed by atoms with Crippen LogP contribution in [0, 0.1) is 0 Å². The van der Waals surface area contributed by atoms with Crippen molar-refractivity contribution in [3.05, 3.63) is 11.6 Å². The minimum absolute atomic E-state index is 0.398. The molecule has 4 heteroatoms. The molecule has 0 saturated carbocycles. The predicted octanol–water partition coefficient (Wildman–Crippen LogP) is 1.47. The second kappa shape index (κ2) is 5.10. The Kier molecular flexibility index (Phi) is 4.07. The normalized spacial score (nSPS) is 13.5. The highest BCUT2D eigenvalue weighted by molar-refractivity contribution is 4.96. The number of nitrogens with zero attached hydrogens (tertiary/aromatic N) is 2. The topological polar surface area (TPSA) is 53.6 Å². The summed E-state index contributed by atoms with van der Waals surface area (Å²) < 4.78 is 0. The van der Waals surface area contributed by atoms with Gasteiger partial charge in [-0.3, -0.25) is 5.10 Å². The van der Waals surface area contributed by atoms with Gasteiger partial charge >= 0.3 is 0 Å². The van der Waals surface area contributed by atoms with Gasteiger partial charge in [-0.05, 0) is 13.5 Å². The third kappa shape index (κ3) is 3.10. The minimum Gasteiger partial charge on any atom is -0.314 e. The highest BCUT2D eigenvalue weighted by Gasteiger charge is 2.09. The molecule has 0 aliphatic carbocycles. The van der Waals surface area contributed by atoms with Crippen LogP contribution in [0.3, 0.4) is 0 Å². The molecule has 1 aromatic heterocycles. The van der Waals surface area contributed by atoms with E-state index in [-0.39, 0.29) is 0 Å². The highest BCUT2D eigenvalue weighted by Crippen LogP contribution is 2.08. The molecule has 1 rings (SSSR count). The van der Waals surface area contributed by atoms with E-state index in [1.165, 1.54) is 0 Å². The molecule has 14 heavy (non-hydrogen) atoms. The van der Waals surface area contributed by atoms with E-state index in [1.54, 1.807) is 0 Å². The predicted molar refractivity (Wildman–Crippen MR) is 57.3 cm³/mol. The van der Waals surface area contributed by atoms with Crippen molar-refractivity contribution in [3.63, 3.8) is 0 Å². The van der Waals surface area contributed by atoms with E-state index in [4.69, 9.17) is 0 Å². The molecule has 1 heterocycles. The summed E-state index contributed by atoms with van der Waals surface area (Å²) in [5.41, 5.74) is 0. The molecular weight excluding hydrogens is 176 g/mol. The average Bonchev–Trinajstić information content (AvgIpc) is 2.53. The van der Waals surface area contributed by atoms with Crippen molar-refractivity contribution < 1.29 is 0 Å². The zero-order valence-corrected chi connectivity index (χ0v) is 9.46. The first-order valence-electron chi connectivity index (χ1n) is 5.28. The zero-order chi connectivity index (χ0) is 10.6. The maximum absolute atomic E-state index is 4.43. The number of hydrogen-bond acceptors (Lipinski definition) is 3. The van der Waals surface area contributed by atoms with E-state index in [0.29, 0.717) is 12.0 Å². The van der Waals surface area contributed by atoms with Crippen LogP contribution in [0.1, 0.15) is 45.3 Å². The Morgan fingerprint density at radius 3 is 2.57 bits per heavy atom. The van der Waals surface area contributed by atoms with Crippen molar-refractivity contribution in [2.45, 2.75) is 46.1 Å². The molecule has 0 aliphatic heterocycles. The number of nitrogens with one attached hydrogen (secondary N) is 2. The molecule has 1 atom stereocenters. The smallest absolute Gasteiger partial charge is 0.153 e. The monoisotopic (exact) mass is 196 g/mol. The van der Waals surface area contributed by atoms with Crippen LogP contribution < -0.4 is 5.32 Å². The summed E-state index contributed by atoms with van der Waals surface area (Å²) in [7, 11) is 0. The Morgan fingerprint density at radius 1 is 1.36 bits per heavy atom. The first kappa shape index (κ1) is 11.2. The van der Waals surface area contributed by atoms with Crippen LogP contribution in [0.15, 0.2) is 0 Å². The van der Waals surface area contributed by atoms with E-state index in [2.05, 4.69) is 48.2 Å². The Labute approximate surface area is 85.5 Å². The fourth-order valence-electron chi connectivity index (χ4n) is 1.37. The van der Waals surface area contributed by atoms with Crippen molar-refractivity contribution in [3.8, 4) is 0 Å². The van der Waals surface area contributed by atoms with E-state index >= 15 is 0 Å². The molecule has 4 nitrogen and oxygen atoms in total. The summed E-state index contributed by atoms with van der Waals surface area (Å²) in [4.78, 5) is 4.43. The molecule has 80 valence electrons. The molecule has 0 bridgehead atoms. The van der Waals surface area contributed by atoms with Crippen molar-refractivity contribution in [2.75, 3.05) is 6.54 Å². The fourth-order valence-corrected chi connectivity index (χ4v) is 1.37. The molecule has 1 aromatic rings. The Morgan fingerprint density at radius 2 is 2.07 bits per heavy atom. The van der Waals surface area contributed by atoms with Crippen LogP contribution in [0.25, 0.3) is 0 Å². The van der Waals surface area contributed by atoms with Gasteiger partial charge in [-0.1, -0.05) is 20.8 Å². The van der Waals surface area contributed by atoms with Gasteiger partial charge in [-0.15, -0.1) is 0 Å². The van der Waals surface area contributed by atoms with Gasteiger partial charge in [0.1, 0.15) is 5.82 Å². The van der Waals surface area contributed by atoms with Gasteiger partial charge in [0, 0.05) is 18.4 Å². The Bertz CT molecular complexity index is 267. The lowest BCUT2D eigenvalue weighted by atomic mass is 10.2. The van der Waals surface area contributed by atoms with Crippen LogP contribution in [0.2, 0.25) is 0 Å². The molecule has 1 unspecified atom stereocenters. The first-order valence-corrected chi connectivity index (χ1v) is 5.28. The summed E-state index contributed by atoms with van der Waals surface area (Å²) in [5.74, 6) is 2.28. The molecular formula is C10H20N4. The second-order valence-corrected chi connectivity index (χ2v) is 3.96. The van der Waals surface area contributed by atoms with Gasteiger partial charge in [0.05, 0.1) is 0 Å². The molecule has 0 amide bonds. The minimum atomic E-state index is 0.398. The van der Waals surface area contributed by atoms with Crippen LogP contribution in [0.4, 0.5) is 0 Å². The molecule has 0 radical (unpaired) electrons. The van der Waals surface area contributed by atoms with E-state index < -0.39 is 0 Å². The maximum atomic E-state index is 4.43. The molecule has 0 fully saturated rings. The lowest BCUT2D eigenvalue weighted by Gasteiger charge is -2.08. The molecule has 0 saturated heterocycles. The number of aromatic nitrogens is 3. The van der Waals surface area contributed by atoms with Gasteiger partial charge in [-0.25, -0.2) is 4.98 Å². The van der Waals surface area contributed by atoms with Crippen molar-refractivity contribution in [2.24, 2.45) is 0 Å². The van der Waals surface area contributed by atoms with Gasteiger partial charge in [0.2, 0.25) is 0 Å². The second-order valence-electron chi connectivity index (χ2n) is 3.96. The number of H-pyrrole nitrogens is 1. The SMILES string of the molecule is CCNC(C)Cc1nc(C(C)C)n[nH]1. The molecule has 2 N–H and O–H groups in total. The van der Waals surface area contributed by atoms with Crippen molar-refractivity contribution >= 4 is 0 Å². The fraction of sp³-hybridized carbons (Fsp3) is 0.800. The summed E-state index contributed by atoms with van der Waals surface area (Å²) in [6, 6.07) is 0.452. The van der Waals surface area contributed by atoms with Crippen LogP contribution >= 0.6 is 0 Å². The van der Waals surface area contributed by atoms with Crippen molar-refractivity contribution in [1.29, 1.82) is 0 Å². The lowest BCUT2D eigenvalue weighted by molar-refractivity contribution is 0.553. The first-order chi connectivity index (χ1) is 6.63. The van der Waals surface area contributed by atoms with Gasteiger partial charge in [0.15, 0.2) is 5.82 Å². The Balaban J connectivity index is 2.51. The van der Waals surface area contributed by atoms with Gasteiger partial charge < -0.3 is 5.32 Å². The zero-order valence-electron chi connectivity index (χ0n) is 9.46. The quantitative estimate of drug-likeness (QED) is 0.749. The largest absolute Gasteiger partial charge is 0.314 e. The average molecular weight is 196 g/mol. The Hall–Kier alpha value is -0.900. The van der Waals surface area contributed by atoms with E-state index in [0.717, 1.165) is 24.6 Å². The third-order valence-electron chi connectivity index (χ3n) is 2.12. The lowest BCUT2D eigenvalue weighted by Crippen LogP contribution is -2.28. The van der Waals surface area contributed by atoms with Crippen LogP contribution in [0.5, 0.6) is 0 Å². The standard InChI is InChI=1S/C10H20N4/c1-5-11-8(4)6-9-12-10(7(2)3)14-13-9/h7-8,11H,5-6H2,1-4H3,(H,12,13,14). The van der Waals surface area contributed by atoms with E-state index in [1.807, 2.05) is 0 Å². The number of aromatic amines is 1. The third-order valence-corrected chi connectivity index (χ3v) is 2.12. The molecule has 0 aromatic carbocycles. The molecule has 0 spiro atoms.